The van der Waals surface area contributed by atoms with Crippen molar-refractivity contribution in [1.82, 2.24) is 0 Å². The highest BCUT2D eigenvalue weighted by Gasteiger charge is 2.27. The lowest BCUT2D eigenvalue weighted by Gasteiger charge is -2.24. The number of rotatable bonds is 50. The summed E-state index contributed by atoms with van der Waals surface area (Å²) in [6.45, 7) is 4.14. The summed E-state index contributed by atoms with van der Waals surface area (Å²) in [5.41, 5.74) is 0. The molecule has 1 N–H and O–H groups in total. The molecule has 0 aliphatic heterocycles. The lowest BCUT2D eigenvalue weighted by molar-refractivity contribution is -0.870. The molecule has 0 amide bonds. The van der Waals surface area contributed by atoms with Crippen LogP contribution in [0.4, 0.5) is 0 Å². The Kier molecular flexibility index (Phi) is 51.8. The average molecular weight is 1070 g/mol. The number of carbonyl (C=O) groups is 2. The zero-order valence-corrected chi connectivity index (χ0v) is 49.1. The molecule has 0 saturated heterocycles. The largest absolute Gasteiger partial charge is 0.472 e. The number of hydrogen-bond acceptors (Lipinski definition) is 7. The molecule has 0 aromatic rings. The van der Waals surface area contributed by atoms with Crippen molar-refractivity contribution in [3.63, 3.8) is 0 Å². The summed E-state index contributed by atoms with van der Waals surface area (Å²) in [5.74, 6) is -0.883. The molecule has 0 fully saturated rings. The van der Waals surface area contributed by atoms with Gasteiger partial charge in [-0.2, -0.15) is 0 Å². The summed E-state index contributed by atoms with van der Waals surface area (Å²) in [6, 6.07) is 0. The second kappa shape index (κ2) is 55.1. The van der Waals surface area contributed by atoms with Gasteiger partial charge in [-0.15, -0.1) is 0 Å². The number of hydrogen-bond donors (Lipinski definition) is 1. The van der Waals surface area contributed by atoms with E-state index in [1.807, 2.05) is 21.1 Å². The van der Waals surface area contributed by atoms with Gasteiger partial charge in [-0.1, -0.05) is 210 Å². The molecule has 0 aromatic carbocycles. The molecule has 0 aliphatic rings. The van der Waals surface area contributed by atoms with E-state index < -0.39 is 32.5 Å². The third-order valence-electron chi connectivity index (χ3n) is 11.2. The summed E-state index contributed by atoms with van der Waals surface area (Å²) in [5, 5.41) is 0. The number of nitrogens with zero attached hydrogens (tertiary/aromatic N) is 1. The molecule has 0 spiro atoms. The van der Waals surface area contributed by atoms with Crippen LogP contribution in [0.15, 0.2) is 170 Å². The first-order valence-electron chi connectivity index (χ1n) is 28.9. The molecule has 2 unspecified atom stereocenters. The number of esters is 2. The van der Waals surface area contributed by atoms with E-state index >= 15 is 0 Å². The normalized spacial score (nSPS) is 14.6. The van der Waals surface area contributed by atoms with Crippen LogP contribution in [-0.2, 0) is 32.7 Å². The van der Waals surface area contributed by atoms with E-state index in [4.69, 9.17) is 18.5 Å². The Morgan fingerprint density at radius 1 is 0.421 bits per heavy atom. The molecular formula is C66H105NO8P+. The van der Waals surface area contributed by atoms with Crippen LogP contribution in [-0.4, -0.2) is 74.9 Å². The van der Waals surface area contributed by atoms with E-state index in [-0.39, 0.29) is 26.1 Å². The number of unbranched alkanes of at least 4 members (excludes halogenated alkanes) is 8. The van der Waals surface area contributed by atoms with Gasteiger partial charge in [-0.05, 0) is 128 Å². The second-order valence-corrected chi connectivity index (χ2v) is 21.0. The second-order valence-electron chi connectivity index (χ2n) is 19.6. The van der Waals surface area contributed by atoms with Crippen molar-refractivity contribution >= 4 is 19.8 Å². The molecule has 426 valence electrons. The number of likely N-dealkylation sites (N-methyl/N-ethyl adjacent to an activating group) is 1. The summed E-state index contributed by atoms with van der Waals surface area (Å²) < 4.78 is 34.4. The van der Waals surface area contributed by atoms with Crippen molar-refractivity contribution in [2.24, 2.45) is 0 Å². The SMILES string of the molecule is CC/C=C\C/C=C\C/C=C\C/C=C\C/C=C\C/C=C\C/C=C\C/C=C\C/C=C\C/C=C\C/C=C\C/C=C\CCCCC(=O)OC(COC(=O)CCCCCCC/C=C\C/C=C\CCC)COP(=O)(O)OCC[N+](C)(C)C. The third-order valence-corrected chi connectivity index (χ3v) is 12.2. The minimum absolute atomic E-state index is 0.0109. The van der Waals surface area contributed by atoms with Gasteiger partial charge in [-0.25, -0.2) is 4.57 Å². The Hall–Kier alpha value is -4.63. The Balaban J connectivity index is 4.25. The van der Waals surface area contributed by atoms with Crippen molar-refractivity contribution in [2.45, 2.75) is 187 Å². The molecule has 0 rings (SSSR count). The van der Waals surface area contributed by atoms with Gasteiger partial charge in [0.15, 0.2) is 6.10 Å². The highest BCUT2D eigenvalue weighted by Crippen LogP contribution is 2.43. The summed E-state index contributed by atoms with van der Waals surface area (Å²) in [4.78, 5) is 35.5. The van der Waals surface area contributed by atoms with Crippen molar-refractivity contribution in [1.29, 1.82) is 0 Å². The molecular weight excluding hydrogens is 966 g/mol. The van der Waals surface area contributed by atoms with Crippen LogP contribution in [0, 0.1) is 0 Å². The van der Waals surface area contributed by atoms with Crippen molar-refractivity contribution < 1.29 is 42.1 Å². The number of carbonyl (C=O) groups excluding carboxylic acids is 2. The Bertz CT molecular complexity index is 1880. The number of ether oxygens (including phenoxy) is 2. The summed E-state index contributed by atoms with van der Waals surface area (Å²) in [7, 11) is 1.41. The first kappa shape index (κ1) is 71.4. The van der Waals surface area contributed by atoms with Gasteiger partial charge < -0.3 is 18.9 Å². The summed E-state index contributed by atoms with van der Waals surface area (Å²) in [6.07, 6.45) is 84.4. The zero-order valence-electron chi connectivity index (χ0n) is 48.2. The lowest BCUT2D eigenvalue weighted by Crippen LogP contribution is -2.37. The van der Waals surface area contributed by atoms with E-state index in [2.05, 4.69) is 184 Å². The average Bonchev–Trinajstić information content (AvgIpc) is 3.38. The predicted molar refractivity (Wildman–Crippen MR) is 325 cm³/mol. The smallest absolute Gasteiger partial charge is 0.462 e. The minimum Gasteiger partial charge on any atom is -0.462 e. The van der Waals surface area contributed by atoms with E-state index in [0.717, 1.165) is 135 Å². The van der Waals surface area contributed by atoms with Gasteiger partial charge in [0, 0.05) is 12.8 Å². The number of phosphoric acid groups is 1. The van der Waals surface area contributed by atoms with Crippen LogP contribution in [0.1, 0.15) is 181 Å². The van der Waals surface area contributed by atoms with E-state index in [9.17, 15) is 19.0 Å². The van der Waals surface area contributed by atoms with Crippen LogP contribution >= 0.6 is 7.82 Å². The van der Waals surface area contributed by atoms with Crippen molar-refractivity contribution in [3.8, 4) is 0 Å². The first-order chi connectivity index (χ1) is 37.0. The van der Waals surface area contributed by atoms with Crippen LogP contribution in [0.5, 0.6) is 0 Å². The molecule has 0 bridgehead atoms. The van der Waals surface area contributed by atoms with Crippen molar-refractivity contribution in [2.75, 3.05) is 47.5 Å². The molecule has 0 aliphatic carbocycles. The summed E-state index contributed by atoms with van der Waals surface area (Å²) >= 11 is 0. The van der Waals surface area contributed by atoms with Crippen LogP contribution in [0.25, 0.3) is 0 Å². The Morgan fingerprint density at radius 3 is 1.14 bits per heavy atom. The first-order valence-corrected chi connectivity index (χ1v) is 30.4. The van der Waals surface area contributed by atoms with Crippen LogP contribution < -0.4 is 0 Å². The molecule has 76 heavy (non-hydrogen) atoms. The van der Waals surface area contributed by atoms with E-state index in [1.54, 1.807) is 0 Å². The highest BCUT2D eigenvalue weighted by molar-refractivity contribution is 7.47. The third kappa shape index (κ3) is 58.6. The van der Waals surface area contributed by atoms with Gasteiger partial charge in [0.05, 0.1) is 27.7 Å². The molecule has 0 aromatic heterocycles. The number of phosphoric ester groups is 1. The maximum atomic E-state index is 12.8. The predicted octanol–water partition coefficient (Wildman–Crippen LogP) is 18.3. The highest BCUT2D eigenvalue weighted by atomic mass is 31.2. The van der Waals surface area contributed by atoms with Crippen LogP contribution in [0.3, 0.4) is 0 Å². The maximum Gasteiger partial charge on any atom is 0.472 e. The monoisotopic (exact) mass is 1070 g/mol. The van der Waals surface area contributed by atoms with Gasteiger partial charge in [0.2, 0.25) is 0 Å². The fourth-order valence-corrected chi connectivity index (χ4v) is 7.54. The lowest BCUT2D eigenvalue weighted by atomic mass is 10.1. The molecule has 0 heterocycles. The fourth-order valence-electron chi connectivity index (χ4n) is 6.80. The van der Waals surface area contributed by atoms with Gasteiger partial charge in [0.1, 0.15) is 19.8 Å². The standard InChI is InChI=1S/C66H104NO8P/c1-6-8-10-12-14-16-18-20-21-22-23-24-25-26-27-28-29-30-31-32-33-34-35-36-37-38-39-40-41-42-43-44-45-47-49-51-53-55-57-59-66(69)75-64(63-74-76(70,71)73-61-60-67(3,4)5)62-72-65(68)58-56-54-52-50-48-46-19-17-15-13-11-9-7-2/h8,10-11,13-14,16-17,19-21,23-24,26-27,29-30,32-33,35-36,38-39,41-42,44-45,49,51,64H,6-7,9,12,15,18,22,25,28,31,34,37,40,43,46-48,50,52-63H2,1-5H3/p+1/b10-8-,13-11-,16-14-,19-17-,21-20-,24-23-,27-26-,30-29-,33-32-,36-35-,39-38-,42-41-,45-44-,51-49-. The quantitative estimate of drug-likeness (QED) is 0.0211. The number of quaternary nitrogens is 1. The topological polar surface area (TPSA) is 108 Å². The molecule has 10 heteroatoms. The molecule has 2 atom stereocenters. The van der Waals surface area contributed by atoms with Gasteiger partial charge in [0.25, 0.3) is 0 Å². The Labute approximate surface area is 464 Å². The zero-order chi connectivity index (χ0) is 55.6. The fraction of sp³-hybridized carbons (Fsp3) is 0.545. The van der Waals surface area contributed by atoms with Gasteiger partial charge >= 0.3 is 19.8 Å². The maximum absolute atomic E-state index is 12.8. The molecule has 0 saturated carbocycles. The minimum atomic E-state index is -4.41. The van der Waals surface area contributed by atoms with Crippen molar-refractivity contribution in [3.05, 3.63) is 170 Å². The van der Waals surface area contributed by atoms with E-state index in [1.165, 1.54) is 6.42 Å². The number of allylic oxidation sites excluding steroid dienone is 28. The molecule has 0 radical (unpaired) electrons. The van der Waals surface area contributed by atoms with E-state index in [0.29, 0.717) is 23.9 Å². The van der Waals surface area contributed by atoms with Gasteiger partial charge in [-0.3, -0.25) is 18.6 Å². The Morgan fingerprint density at radius 2 is 0.750 bits per heavy atom. The molecule has 9 nitrogen and oxygen atoms in total. The van der Waals surface area contributed by atoms with Crippen LogP contribution in [0.2, 0.25) is 0 Å².